The lowest BCUT2D eigenvalue weighted by Crippen LogP contribution is -2.01. The summed E-state index contributed by atoms with van der Waals surface area (Å²) in [5.74, 6) is -0.465. The molecule has 0 amide bonds. The second kappa shape index (κ2) is 4.17. The lowest BCUT2D eigenvalue weighted by molar-refractivity contribution is 0.468. The fourth-order valence-corrected chi connectivity index (χ4v) is 2.92. The molecule has 0 saturated heterocycles. The highest BCUT2D eigenvalue weighted by molar-refractivity contribution is 7.86. The molecule has 0 radical (unpaired) electrons. The van der Waals surface area contributed by atoms with E-state index in [4.69, 9.17) is 9.11 Å². The van der Waals surface area contributed by atoms with Crippen molar-refractivity contribution >= 4 is 31.0 Å². The van der Waals surface area contributed by atoms with Gasteiger partial charge in [-0.25, -0.2) is 0 Å². The van der Waals surface area contributed by atoms with Crippen LogP contribution < -0.4 is 0 Å². The van der Waals surface area contributed by atoms with Gasteiger partial charge in [-0.2, -0.15) is 16.8 Å². The van der Waals surface area contributed by atoms with Crippen LogP contribution in [-0.2, 0) is 20.2 Å². The second-order valence-corrected chi connectivity index (χ2v) is 6.59. The van der Waals surface area contributed by atoms with Crippen LogP contribution in [0.1, 0.15) is 0 Å². The maximum absolute atomic E-state index is 11.2. The molecule has 0 aliphatic carbocycles. The van der Waals surface area contributed by atoms with E-state index in [-0.39, 0.29) is 10.8 Å². The monoisotopic (exact) mass is 304 g/mol. The van der Waals surface area contributed by atoms with Crippen LogP contribution in [0.4, 0.5) is 0 Å². The molecule has 0 fully saturated rings. The van der Waals surface area contributed by atoms with E-state index in [0.717, 1.165) is 30.3 Å². The molecule has 19 heavy (non-hydrogen) atoms. The quantitative estimate of drug-likeness (QED) is 0.707. The van der Waals surface area contributed by atoms with Gasteiger partial charge in [0.05, 0.1) is 4.90 Å². The Morgan fingerprint density at radius 3 is 2.00 bits per heavy atom. The predicted octanol–water partition coefficient (Wildman–Crippen LogP) is 1.04. The lowest BCUT2D eigenvalue weighted by atomic mass is 10.1. The van der Waals surface area contributed by atoms with Gasteiger partial charge in [0.1, 0.15) is 10.6 Å². The summed E-state index contributed by atoms with van der Waals surface area (Å²) in [6.45, 7) is 0. The average molecular weight is 304 g/mol. The van der Waals surface area contributed by atoms with Crippen molar-refractivity contribution in [1.29, 1.82) is 0 Å². The van der Waals surface area contributed by atoms with Crippen molar-refractivity contribution in [3.63, 3.8) is 0 Å². The Hall–Kier alpha value is -1.68. The molecular formula is C10H8O7S2. The average Bonchev–Trinajstić information content (AvgIpc) is 2.24. The van der Waals surface area contributed by atoms with Gasteiger partial charge in [-0.05, 0) is 23.6 Å². The third-order valence-electron chi connectivity index (χ3n) is 2.45. The summed E-state index contributed by atoms with van der Waals surface area (Å²) in [5, 5.41) is 9.45. The van der Waals surface area contributed by atoms with Crippen molar-refractivity contribution in [2.24, 2.45) is 0 Å². The van der Waals surface area contributed by atoms with Crippen LogP contribution in [0.15, 0.2) is 40.1 Å². The molecule has 0 atom stereocenters. The number of rotatable bonds is 2. The van der Waals surface area contributed by atoms with Gasteiger partial charge in [-0.15, -0.1) is 0 Å². The number of hydrogen-bond donors (Lipinski definition) is 3. The summed E-state index contributed by atoms with van der Waals surface area (Å²) in [7, 11) is -9.02. The summed E-state index contributed by atoms with van der Waals surface area (Å²) in [6, 6.07) is 5.03. The molecule has 3 N–H and O–H groups in total. The molecule has 2 rings (SSSR count). The number of fused-ring (bicyclic) bond motifs is 1. The molecule has 0 spiro atoms. The van der Waals surface area contributed by atoms with Gasteiger partial charge in [-0.3, -0.25) is 9.11 Å². The van der Waals surface area contributed by atoms with Gasteiger partial charge in [0.2, 0.25) is 0 Å². The fraction of sp³-hybridized carbons (Fsp3) is 0. The largest absolute Gasteiger partial charge is 0.508 e. The highest BCUT2D eigenvalue weighted by atomic mass is 32.2. The Balaban J connectivity index is 2.91. The molecule has 9 heteroatoms. The third kappa shape index (κ3) is 2.68. The van der Waals surface area contributed by atoms with E-state index in [1.165, 1.54) is 0 Å². The Bertz CT molecular complexity index is 866. The number of benzene rings is 2. The van der Waals surface area contributed by atoms with Crippen molar-refractivity contribution in [3.8, 4) is 5.75 Å². The summed E-state index contributed by atoms with van der Waals surface area (Å²) < 4.78 is 62.2. The maximum atomic E-state index is 11.2. The van der Waals surface area contributed by atoms with E-state index in [0.29, 0.717) is 0 Å². The first-order chi connectivity index (χ1) is 8.59. The molecule has 0 heterocycles. The smallest absolute Gasteiger partial charge is 0.295 e. The predicted molar refractivity (Wildman–Crippen MR) is 65.2 cm³/mol. The maximum Gasteiger partial charge on any atom is 0.295 e. The van der Waals surface area contributed by atoms with Gasteiger partial charge in [0.25, 0.3) is 20.2 Å². The number of hydrogen-bond acceptors (Lipinski definition) is 5. The molecule has 0 bridgehead atoms. The van der Waals surface area contributed by atoms with Crippen LogP contribution >= 0.6 is 0 Å². The van der Waals surface area contributed by atoms with Gasteiger partial charge < -0.3 is 5.11 Å². The summed E-state index contributed by atoms with van der Waals surface area (Å²) in [6.07, 6.45) is 0. The van der Waals surface area contributed by atoms with Crippen LogP contribution in [0.25, 0.3) is 10.8 Å². The highest BCUT2D eigenvalue weighted by Gasteiger charge is 2.17. The van der Waals surface area contributed by atoms with Crippen LogP contribution in [0.3, 0.4) is 0 Å². The normalized spacial score (nSPS) is 12.7. The first kappa shape index (κ1) is 13.7. The summed E-state index contributed by atoms with van der Waals surface area (Å²) in [4.78, 5) is -1.00. The Kier molecular flexibility index (Phi) is 3.01. The summed E-state index contributed by atoms with van der Waals surface area (Å²) in [5.41, 5.74) is 0. The summed E-state index contributed by atoms with van der Waals surface area (Å²) >= 11 is 0. The number of phenols is 1. The lowest BCUT2D eigenvalue weighted by Gasteiger charge is -2.06. The number of aromatic hydroxyl groups is 1. The van der Waals surface area contributed by atoms with E-state index in [1.54, 1.807) is 0 Å². The molecule has 0 saturated carbocycles. The molecule has 0 aromatic heterocycles. The molecule has 0 aliphatic heterocycles. The van der Waals surface area contributed by atoms with Crippen molar-refractivity contribution in [2.75, 3.05) is 0 Å². The minimum Gasteiger partial charge on any atom is -0.508 e. The van der Waals surface area contributed by atoms with Gasteiger partial charge in [-0.1, -0.05) is 6.07 Å². The Labute approximate surface area is 108 Å². The second-order valence-electron chi connectivity index (χ2n) is 3.78. The standard InChI is InChI=1S/C10H8O7S2/c11-7-3-6-4-8(18(12,13)14)1-2-9(6)10(5-7)19(15,16)17/h1-5,11H,(H,12,13,14)(H,15,16,17). The van der Waals surface area contributed by atoms with Crippen molar-refractivity contribution < 1.29 is 31.0 Å². The van der Waals surface area contributed by atoms with Crippen LogP contribution in [0, 0.1) is 0 Å². The van der Waals surface area contributed by atoms with E-state index < -0.39 is 35.8 Å². The first-order valence-corrected chi connectivity index (χ1v) is 7.69. The van der Waals surface area contributed by atoms with Crippen molar-refractivity contribution in [2.45, 2.75) is 9.79 Å². The SMILES string of the molecule is O=S(=O)(O)c1ccc2c(S(=O)(=O)O)cc(O)cc2c1. The highest BCUT2D eigenvalue weighted by Crippen LogP contribution is 2.29. The first-order valence-electron chi connectivity index (χ1n) is 4.81. The van der Waals surface area contributed by atoms with Crippen LogP contribution in [0.2, 0.25) is 0 Å². The van der Waals surface area contributed by atoms with Crippen molar-refractivity contribution in [3.05, 3.63) is 30.3 Å². The third-order valence-corrected chi connectivity index (χ3v) is 4.19. The molecule has 102 valence electrons. The van der Waals surface area contributed by atoms with E-state index in [2.05, 4.69) is 0 Å². The van der Waals surface area contributed by atoms with E-state index in [1.807, 2.05) is 0 Å². The zero-order valence-electron chi connectivity index (χ0n) is 9.18. The van der Waals surface area contributed by atoms with Gasteiger partial charge in [0, 0.05) is 11.5 Å². The fourth-order valence-electron chi connectivity index (χ4n) is 1.67. The Morgan fingerprint density at radius 1 is 0.842 bits per heavy atom. The van der Waals surface area contributed by atoms with Crippen molar-refractivity contribution in [1.82, 2.24) is 0 Å². The molecule has 2 aromatic carbocycles. The molecule has 0 unspecified atom stereocenters. The minimum atomic E-state index is -4.57. The number of phenolic OH excluding ortho intramolecular Hbond substituents is 1. The molecule has 0 aliphatic rings. The van der Waals surface area contributed by atoms with Gasteiger partial charge >= 0.3 is 0 Å². The molecule has 7 nitrogen and oxygen atoms in total. The van der Waals surface area contributed by atoms with Crippen LogP contribution in [-0.4, -0.2) is 31.0 Å². The zero-order chi connectivity index (χ0) is 14.4. The topological polar surface area (TPSA) is 129 Å². The molecular weight excluding hydrogens is 296 g/mol. The van der Waals surface area contributed by atoms with E-state index >= 15 is 0 Å². The van der Waals surface area contributed by atoms with Crippen LogP contribution in [0.5, 0.6) is 5.75 Å². The zero-order valence-corrected chi connectivity index (χ0v) is 10.8. The molecule has 2 aromatic rings. The Morgan fingerprint density at radius 2 is 1.47 bits per heavy atom. The van der Waals surface area contributed by atoms with E-state index in [9.17, 15) is 21.9 Å². The van der Waals surface area contributed by atoms with Gasteiger partial charge in [0.15, 0.2) is 0 Å². The minimum absolute atomic E-state index is 0.0210.